The Bertz CT molecular complexity index is 913. The summed E-state index contributed by atoms with van der Waals surface area (Å²) in [5.74, 6) is 1.39. The number of hydrogen-bond donors (Lipinski definition) is 2. The first kappa shape index (κ1) is 19.8. The highest BCUT2D eigenvalue weighted by Gasteiger charge is 2.39. The number of benzene rings is 2. The molecule has 2 aromatic carbocycles. The lowest BCUT2D eigenvalue weighted by molar-refractivity contribution is 0.0939. The van der Waals surface area contributed by atoms with Gasteiger partial charge >= 0.3 is 0 Å². The van der Waals surface area contributed by atoms with Crippen LogP contribution in [0, 0.1) is 5.92 Å². The van der Waals surface area contributed by atoms with Crippen LogP contribution in [0.15, 0.2) is 54.6 Å². The zero-order valence-electron chi connectivity index (χ0n) is 17.9. The number of carbonyl (C=O) groups is 1. The maximum atomic E-state index is 13.0. The first-order valence-electron chi connectivity index (χ1n) is 11.0. The van der Waals surface area contributed by atoms with Crippen molar-refractivity contribution in [3.63, 3.8) is 0 Å². The molecule has 2 aliphatic rings. The van der Waals surface area contributed by atoms with Crippen molar-refractivity contribution in [2.45, 2.75) is 64.5 Å². The number of rotatable bonds is 5. The van der Waals surface area contributed by atoms with Crippen LogP contribution in [-0.4, -0.2) is 11.9 Å². The number of fused-ring (bicyclic) bond motifs is 3. The molecule has 0 saturated carbocycles. The van der Waals surface area contributed by atoms with E-state index in [-0.39, 0.29) is 18.0 Å². The number of anilines is 1. The third-order valence-electron chi connectivity index (χ3n) is 6.59. The van der Waals surface area contributed by atoms with Gasteiger partial charge in [-0.05, 0) is 54.4 Å². The molecule has 152 valence electrons. The van der Waals surface area contributed by atoms with Crippen molar-refractivity contribution in [3.05, 3.63) is 76.9 Å². The molecule has 3 heteroatoms. The fourth-order valence-electron chi connectivity index (χ4n) is 4.63. The highest BCUT2D eigenvalue weighted by Crippen LogP contribution is 2.50. The van der Waals surface area contributed by atoms with Gasteiger partial charge in [0.2, 0.25) is 0 Å². The Balaban J connectivity index is 1.71. The summed E-state index contributed by atoms with van der Waals surface area (Å²) in [6.07, 6.45) is 6.62. The van der Waals surface area contributed by atoms with Crippen molar-refractivity contribution < 1.29 is 4.79 Å². The summed E-state index contributed by atoms with van der Waals surface area (Å²) in [6.45, 7) is 8.59. The average molecular weight is 389 g/mol. The van der Waals surface area contributed by atoms with Gasteiger partial charge in [0.05, 0.1) is 17.3 Å². The molecule has 0 fully saturated rings. The summed E-state index contributed by atoms with van der Waals surface area (Å²) in [5, 5.41) is 6.91. The minimum Gasteiger partial charge on any atom is -0.377 e. The molecular formula is C26H32N2O. The van der Waals surface area contributed by atoms with Crippen LogP contribution in [0.3, 0.4) is 0 Å². The summed E-state index contributed by atoms with van der Waals surface area (Å²) in [5.41, 5.74) is 5.66. The maximum absolute atomic E-state index is 13.0. The quantitative estimate of drug-likeness (QED) is 0.602. The van der Waals surface area contributed by atoms with E-state index in [4.69, 9.17) is 0 Å². The third kappa shape index (κ3) is 3.71. The van der Waals surface area contributed by atoms with Gasteiger partial charge in [-0.25, -0.2) is 0 Å². The molecule has 0 aromatic heterocycles. The zero-order chi connectivity index (χ0) is 20.5. The molecule has 1 aliphatic heterocycles. The van der Waals surface area contributed by atoms with Crippen LogP contribution in [0.1, 0.15) is 85.5 Å². The highest BCUT2D eigenvalue weighted by atomic mass is 16.1. The summed E-state index contributed by atoms with van der Waals surface area (Å²) in [7, 11) is 0. The lowest BCUT2D eigenvalue weighted by Gasteiger charge is -2.38. The van der Waals surface area contributed by atoms with Gasteiger partial charge in [0.1, 0.15) is 0 Å². The van der Waals surface area contributed by atoms with E-state index >= 15 is 0 Å². The number of nitrogens with one attached hydrogen (secondary N) is 2. The minimum absolute atomic E-state index is 0.0121. The van der Waals surface area contributed by atoms with Gasteiger partial charge in [-0.1, -0.05) is 69.3 Å². The van der Waals surface area contributed by atoms with Crippen molar-refractivity contribution in [1.29, 1.82) is 0 Å². The van der Waals surface area contributed by atoms with Crippen LogP contribution < -0.4 is 10.6 Å². The Kier molecular flexibility index (Phi) is 5.49. The molecule has 0 radical (unpaired) electrons. The lowest BCUT2D eigenvalue weighted by Crippen LogP contribution is -2.35. The minimum atomic E-state index is 0.0121. The Labute approximate surface area is 174 Å². The SMILES string of the molecule is CCC(C)NC(=O)c1cccc2c1NC(c1ccc(C(C)C)cc1)C1CC=CC21. The van der Waals surface area contributed by atoms with Crippen LogP contribution >= 0.6 is 0 Å². The van der Waals surface area contributed by atoms with Crippen molar-refractivity contribution in [2.24, 2.45) is 5.92 Å². The fourth-order valence-corrected chi connectivity index (χ4v) is 4.63. The summed E-state index contributed by atoms with van der Waals surface area (Å²) in [6, 6.07) is 15.5. The van der Waals surface area contributed by atoms with Crippen LogP contribution in [0.2, 0.25) is 0 Å². The molecule has 2 aromatic rings. The van der Waals surface area contributed by atoms with Gasteiger partial charge in [0, 0.05) is 12.0 Å². The molecule has 4 atom stereocenters. The van der Waals surface area contributed by atoms with E-state index < -0.39 is 0 Å². The second-order valence-corrected chi connectivity index (χ2v) is 8.85. The largest absolute Gasteiger partial charge is 0.377 e. The monoisotopic (exact) mass is 388 g/mol. The van der Waals surface area contributed by atoms with Crippen molar-refractivity contribution >= 4 is 11.6 Å². The van der Waals surface area contributed by atoms with Crippen LogP contribution in [0.5, 0.6) is 0 Å². The molecule has 4 unspecified atom stereocenters. The zero-order valence-corrected chi connectivity index (χ0v) is 17.9. The van der Waals surface area contributed by atoms with Crippen molar-refractivity contribution in [3.8, 4) is 0 Å². The second kappa shape index (κ2) is 8.06. The second-order valence-electron chi connectivity index (χ2n) is 8.85. The Morgan fingerprint density at radius 3 is 2.59 bits per heavy atom. The van der Waals surface area contributed by atoms with E-state index in [1.807, 2.05) is 12.1 Å². The molecule has 0 spiro atoms. The predicted molar refractivity (Wildman–Crippen MR) is 121 cm³/mol. The van der Waals surface area contributed by atoms with Gasteiger partial charge in [-0.3, -0.25) is 4.79 Å². The van der Waals surface area contributed by atoms with E-state index in [9.17, 15) is 4.79 Å². The number of allylic oxidation sites excluding steroid dienone is 2. The van der Waals surface area contributed by atoms with Crippen LogP contribution in [-0.2, 0) is 0 Å². The molecule has 0 bridgehead atoms. The Morgan fingerprint density at radius 2 is 1.90 bits per heavy atom. The topological polar surface area (TPSA) is 41.1 Å². The molecular weight excluding hydrogens is 356 g/mol. The smallest absolute Gasteiger partial charge is 0.253 e. The molecule has 1 amide bonds. The van der Waals surface area contributed by atoms with Crippen LogP contribution in [0.4, 0.5) is 5.69 Å². The standard InChI is InChI=1S/C26H32N2O/c1-5-17(4)27-26(29)23-11-7-10-22-20-8-6-9-21(20)24(28-25(22)23)19-14-12-18(13-15-19)16(2)3/h6-8,10-17,20-21,24,28H,5,9H2,1-4H3,(H,27,29). The van der Waals surface area contributed by atoms with Crippen molar-refractivity contribution in [2.75, 3.05) is 5.32 Å². The predicted octanol–water partition coefficient (Wildman–Crippen LogP) is 6.16. The molecule has 1 heterocycles. The van der Waals surface area contributed by atoms with E-state index in [0.29, 0.717) is 17.8 Å². The maximum Gasteiger partial charge on any atom is 0.253 e. The molecule has 2 N–H and O–H groups in total. The van der Waals surface area contributed by atoms with Gasteiger partial charge in [0.25, 0.3) is 5.91 Å². The molecule has 29 heavy (non-hydrogen) atoms. The fraction of sp³-hybridized carbons (Fsp3) is 0.423. The molecule has 4 rings (SSSR count). The van der Waals surface area contributed by atoms with E-state index in [2.05, 4.69) is 80.8 Å². The Morgan fingerprint density at radius 1 is 1.14 bits per heavy atom. The molecule has 1 aliphatic carbocycles. The summed E-state index contributed by atoms with van der Waals surface area (Å²) in [4.78, 5) is 13.0. The van der Waals surface area contributed by atoms with E-state index in [1.165, 1.54) is 16.7 Å². The van der Waals surface area contributed by atoms with Crippen LogP contribution in [0.25, 0.3) is 0 Å². The molecule has 3 nitrogen and oxygen atoms in total. The highest BCUT2D eigenvalue weighted by molar-refractivity contribution is 6.01. The van der Waals surface area contributed by atoms with Crippen molar-refractivity contribution in [1.82, 2.24) is 5.32 Å². The van der Waals surface area contributed by atoms with Gasteiger partial charge in [0.15, 0.2) is 0 Å². The first-order valence-corrected chi connectivity index (χ1v) is 11.0. The normalized spacial score (nSPS) is 23.3. The third-order valence-corrected chi connectivity index (χ3v) is 6.59. The first-order chi connectivity index (χ1) is 14.0. The summed E-state index contributed by atoms with van der Waals surface area (Å²) >= 11 is 0. The van der Waals surface area contributed by atoms with Gasteiger partial charge in [-0.2, -0.15) is 0 Å². The number of amides is 1. The number of para-hydroxylation sites is 1. The average Bonchev–Trinajstić information content (AvgIpc) is 3.22. The van der Waals surface area contributed by atoms with Gasteiger partial charge < -0.3 is 10.6 Å². The lowest BCUT2D eigenvalue weighted by atomic mass is 9.76. The van der Waals surface area contributed by atoms with E-state index in [0.717, 1.165) is 24.1 Å². The van der Waals surface area contributed by atoms with Gasteiger partial charge in [-0.15, -0.1) is 0 Å². The Hall–Kier alpha value is -2.55. The number of hydrogen-bond acceptors (Lipinski definition) is 2. The summed E-state index contributed by atoms with van der Waals surface area (Å²) < 4.78 is 0. The number of carbonyl (C=O) groups excluding carboxylic acids is 1. The molecule has 0 saturated heterocycles. The van der Waals surface area contributed by atoms with E-state index in [1.54, 1.807) is 0 Å².